The van der Waals surface area contributed by atoms with Gasteiger partial charge in [-0.05, 0) is 51.5 Å². The SMILES string of the molecule is CCOC(=O)c1c(C)[nH]c(C(=O)COC(=O)c2ccc(OC)c(OCC)c2)c1C. The van der Waals surface area contributed by atoms with E-state index in [4.69, 9.17) is 18.9 Å². The van der Waals surface area contributed by atoms with Gasteiger partial charge < -0.3 is 23.9 Å². The zero-order chi connectivity index (χ0) is 21.6. The number of Topliss-reactive ketones (excluding diaryl/α,β-unsaturated/α-hetero) is 1. The molecule has 0 radical (unpaired) electrons. The highest BCUT2D eigenvalue weighted by Crippen LogP contribution is 2.28. The Hall–Kier alpha value is -3.29. The van der Waals surface area contributed by atoms with Crippen molar-refractivity contribution in [2.24, 2.45) is 0 Å². The molecule has 1 aromatic heterocycles. The standard InChI is InChI=1S/C21H25NO7/c1-6-27-17-10-14(8-9-16(17)26-5)20(24)29-11-15(23)19-12(3)18(13(4)22-19)21(25)28-7-2/h8-10,22H,6-7,11H2,1-5H3. The molecule has 0 unspecified atom stereocenters. The number of carbonyl (C=O) groups is 3. The number of ketones is 1. The van der Waals surface area contributed by atoms with Gasteiger partial charge in [0.25, 0.3) is 0 Å². The number of H-pyrrole nitrogens is 1. The second kappa shape index (κ2) is 9.77. The number of hydrogen-bond acceptors (Lipinski definition) is 7. The number of esters is 2. The molecule has 0 aliphatic rings. The molecule has 2 aromatic rings. The van der Waals surface area contributed by atoms with Crippen molar-refractivity contribution in [3.05, 3.63) is 46.3 Å². The van der Waals surface area contributed by atoms with Crippen LogP contribution in [-0.4, -0.2) is 49.6 Å². The van der Waals surface area contributed by atoms with Gasteiger partial charge in [-0.15, -0.1) is 0 Å². The molecule has 156 valence electrons. The maximum Gasteiger partial charge on any atom is 0.340 e. The molecular formula is C21H25NO7. The molecule has 29 heavy (non-hydrogen) atoms. The van der Waals surface area contributed by atoms with E-state index in [0.717, 1.165) is 0 Å². The summed E-state index contributed by atoms with van der Waals surface area (Å²) in [5.41, 5.74) is 1.74. The molecule has 2 rings (SSSR count). The monoisotopic (exact) mass is 403 g/mol. The number of carbonyl (C=O) groups excluding carboxylic acids is 3. The van der Waals surface area contributed by atoms with E-state index in [1.54, 1.807) is 26.8 Å². The van der Waals surface area contributed by atoms with Crippen LogP contribution in [0.15, 0.2) is 18.2 Å². The Labute approximate surface area is 169 Å². The van der Waals surface area contributed by atoms with E-state index < -0.39 is 24.3 Å². The van der Waals surface area contributed by atoms with Gasteiger partial charge in [0, 0.05) is 5.69 Å². The van der Waals surface area contributed by atoms with Gasteiger partial charge in [-0.1, -0.05) is 0 Å². The number of aryl methyl sites for hydroxylation is 1. The molecule has 0 spiro atoms. The van der Waals surface area contributed by atoms with E-state index in [-0.39, 0.29) is 17.9 Å². The molecule has 0 saturated heterocycles. The highest BCUT2D eigenvalue weighted by atomic mass is 16.5. The summed E-state index contributed by atoms with van der Waals surface area (Å²) in [6.45, 7) is 7.00. The van der Waals surface area contributed by atoms with Gasteiger partial charge in [0.05, 0.1) is 37.1 Å². The number of aromatic nitrogens is 1. The van der Waals surface area contributed by atoms with Crippen molar-refractivity contribution in [1.29, 1.82) is 0 Å². The smallest absolute Gasteiger partial charge is 0.340 e. The molecule has 0 fully saturated rings. The van der Waals surface area contributed by atoms with Gasteiger partial charge >= 0.3 is 11.9 Å². The fraction of sp³-hybridized carbons (Fsp3) is 0.381. The van der Waals surface area contributed by atoms with Crippen LogP contribution in [0.2, 0.25) is 0 Å². The van der Waals surface area contributed by atoms with E-state index in [1.165, 1.54) is 19.2 Å². The van der Waals surface area contributed by atoms with Gasteiger partial charge in [0.2, 0.25) is 5.78 Å². The Morgan fingerprint density at radius 1 is 0.966 bits per heavy atom. The predicted molar refractivity (Wildman–Crippen MR) is 105 cm³/mol. The number of hydrogen-bond donors (Lipinski definition) is 1. The Morgan fingerprint density at radius 2 is 1.69 bits per heavy atom. The zero-order valence-corrected chi connectivity index (χ0v) is 17.2. The van der Waals surface area contributed by atoms with Crippen molar-refractivity contribution in [1.82, 2.24) is 4.98 Å². The maximum absolute atomic E-state index is 12.5. The molecule has 1 N–H and O–H groups in total. The first-order valence-electron chi connectivity index (χ1n) is 9.21. The molecule has 0 atom stereocenters. The lowest BCUT2D eigenvalue weighted by Gasteiger charge is -2.11. The maximum atomic E-state index is 12.5. The van der Waals surface area contributed by atoms with E-state index in [1.807, 2.05) is 6.92 Å². The first-order chi connectivity index (χ1) is 13.8. The first-order valence-corrected chi connectivity index (χ1v) is 9.21. The van der Waals surface area contributed by atoms with Gasteiger partial charge in [-0.3, -0.25) is 4.79 Å². The molecular weight excluding hydrogens is 378 g/mol. The van der Waals surface area contributed by atoms with Crippen molar-refractivity contribution in [3.8, 4) is 11.5 Å². The van der Waals surface area contributed by atoms with Crippen LogP contribution in [0.5, 0.6) is 11.5 Å². The fourth-order valence-corrected chi connectivity index (χ4v) is 2.90. The molecule has 0 saturated carbocycles. The molecule has 1 aromatic carbocycles. The van der Waals surface area contributed by atoms with Crippen LogP contribution in [0.1, 0.15) is 56.3 Å². The van der Waals surface area contributed by atoms with Crippen molar-refractivity contribution < 1.29 is 33.3 Å². The highest BCUT2D eigenvalue weighted by molar-refractivity contribution is 6.03. The highest BCUT2D eigenvalue weighted by Gasteiger charge is 2.23. The van der Waals surface area contributed by atoms with Crippen molar-refractivity contribution in [3.63, 3.8) is 0 Å². The van der Waals surface area contributed by atoms with E-state index in [2.05, 4.69) is 4.98 Å². The van der Waals surface area contributed by atoms with E-state index in [9.17, 15) is 14.4 Å². The minimum absolute atomic E-state index is 0.211. The van der Waals surface area contributed by atoms with Crippen molar-refractivity contribution >= 4 is 17.7 Å². The van der Waals surface area contributed by atoms with Crippen LogP contribution >= 0.6 is 0 Å². The molecule has 0 aliphatic carbocycles. The number of aromatic amines is 1. The minimum atomic E-state index is -0.673. The third-order valence-corrected chi connectivity index (χ3v) is 4.23. The van der Waals surface area contributed by atoms with Crippen LogP contribution in [0, 0.1) is 13.8 Å². The summed E-state index contributed by atoms with van der Waals surface area (Å²) < 4.78 is 20.8. The normalized spacial score (nSPS) is 10.4. The minimum Gasteiger partial charge on any atom is -0.493 e. The predicted octanol–water partition coefficient (Wildman–Crippen LogP) is 3.26. The summed E-state index contributed by atoms with van der Waals surface area (Å²) in [5.74, 6) is -0.729. The van der Waals surface area contributed by atoms with Crippen LogP contribution in [0.4, 0.5) is 0 Å². The van der Waals surface area contributed by atoms with E-state index in [0.29, 0.717) is 34.9 Å². The second-order valence-electron chi connectivity index (χ2n) is 6.14. The molecule has 8 nitrogen and oxygen atoms in total. The average Bonchev–Trinajstić information content (AvgIpc) is 3.00. The third-order valence-electron chi connectivity index (χ3n) is 4.23. The van der Waals surface area contributed by atoms with Gasteiger partial charge in [0.1, 0.15) is 0 Å². The van der Waals surface area contributed by atoms with Crippen molar-refractivity contribution in [2.45, 2.75) is 27.7 Å². The van der Waals surface area contributed by atoms with E-state index >= 15 is 0 Å². The first kappa shape index (κ1) is 22.0. The Bertz CT molecular complexity index is 914. The number of nitrogens with one attached hydrogen (secondary N) is 1. The van der Waals surface area contributed by atoms with Crippen LogP contribution < -0.4 is 9.47 Å². The van der Waals surface area contributed by atoms with Crippen LogP contribution in [-0.2, 0) is 9.47 Å². The lowest BCUT2D eigenvalue weighted by atomic mass is 10.1. The number of rotatable bonds is 9. The van der Waals surface area contributed by atoms with Gasteiger partial charge in [-0.2, -0.15) is 0 Å². The Balaban J connectivity index is 2.11. The average molecular weight is 403 g/mol. The molecule has 0 bridgehead atoms. The summed E-state index contributed by atoms with van der Waals surface area (Å²) in [6, 6.07) is 4.61. The number of ether oxygens (including phenoxy) is 4. The summed E-state index contributed by atoms with van der Waals surface area (Å²) in [6.07, 6.45) is 0. The zero-order valence-electron chi connectivity index (χ0n) is 17.2. The van der Waals surface area contributed by atoms with Crippen LogP contribution in [0.3, 0.4) is 0 Å². The molecule has 0 aliphatic heterocycles. The van der Waals surface area contributed by atoms with Crippen molar-refractivity contribution in [2.75, 3.05) is 26.9 Å². The number of benzene rings is 1. The summed E-state index contributed by atoms with van der Waals surface area (Å²) >= 11 is 0. The van der Waals surface area contributed by atoms with Gasteiger partial charge in [-0.25, -0.2) is 9.59 Å². The van der Waals surface area contributed by atoms with Crippen LogP contribution in [0.25, 0.3) is 0 Å². The summed E-state index contributed by atoms with van der Waals surface area (Å²) in [5, 5.41) is 0. The summed E-state index contributed by atoms with van der Waals surface area (Å²) in [7, 11) is 1.50. The largest absolute Gasteiger partial charge is 0.493 e. The summed E-state index contributed by atoms with van der Waals surface area (Å²) in [4.78, 5) is 39.8. The van der Waals surface area contributed by atoms with Gasteiger partial charge in [0.15, 0.2) is 18.1 Å². The fourth-order valence-electron chi connectivity index (χ4n) is 2.90. The quantitative estimate of drug-likeness (QED) is 0.506. The lowest BCUT2D eigenvalue weighted by molar-refractivity contribution is 0.0471. The lowest BCUT2D eigenvalue weighted by Crippen LogP contribution is -2.16. The Morgan fingerprint density at radius 3 is 2.31 bits per heavy atom. The third kappa shape index (κ3) is 4.96. The molecule has 1 heterocycles. The Kier molecular flexibility index (Phi) is 7.41. The second-order valence-corrected chi connectivity index (χ2v) is 6.14. The molecule has 0 amide bonds. The molecule has 8 heteroatoms. The topological polar surface area (TPSA) is 104 Å². The number of methoxy groups -OCH3 is 1.